The van der Waals surface area contributed by atoms with Crippen LogP contribution in [0.15, 0.2) is 24.4 Å². The van der Waals surface area contributed by atoms with Crippen LogP contribution in [-0.4, -0.2) is 49.5 Å². The van der Waals surface area contributed by atoms with Crippen molar-refractivity contribution in [3.05, 3.63) is 40.9 Å². The molecule has 24 heavy (non-hydrogen) atoms. The summed E-state index contributed by atoms with van der Waals surface area (Å²) in [5, 5.41) is 16.2. The fraction of sp³-hybridized carbons (Fsp3) is 0.333. The first kappa shape index (κ1) is 17.9. The van der Waals surface area contributed by atoms with Gasteiger partial charge in [0.1, 0.15) is 5.69 Å². The van der Waals surface area contributed by atoms with Crippen molar-refractivity contribution in [1.29, 1.82) is 0 Å². The van der Waals surface area contributed by atoms with E-state index in [2.05, 4.69) is 10.3 Å². The summed E-state index contributed by atoms with van der Waals surface area (Å²) in [6.07, 6.45) is 1.11. The van der Waals surface area contributed by atoms with Gasteiger partial charge in [0.25, 0.3) is 5.91 Å². The van der Waals surface area contributed by atoms with E-state index >= 15 is 0 Å². The molecule has 0 saturated heterocycles. The number of amides is 1. The predicted molar refractivity (Wildman–Crippen MR) is 84.8 cm³/mol. The molecule has 1 heterocycles. The smallest absolute Gasteiger partial charge is 0.305 e. The molecule has 2 rings (SSSR count). The Labute approximate surface area is 142 Å². The Hall–Kier alpha value is -2.48. The van der Waals surface area contributed by atoms with Crippen LogP contribution < -0.4 is 0 Å². The average Bonchev–Trinajstić information content (AvgIpc) is 2.99. The lowest BCUT2D eigenvalue weighted by atomic mass is 10.2. The van der Waals surface area contributed by atoms with Gasteiger partial charge in [-0.2, -0.15) is 0 Å². The number of benzene rings is 1. The predicted octanol–water partition coefficient (Wildman–Crippen LogP) is 2.39. The summed E-state index contributed by atoms with van der Waals surface area (Å²) < 4.78 is 15.1. The molecular weight excluding hydrogens is 339 g/mol. The van der Waals surface area contributed by atoms with Gasteiger partial charge in [-0.25, -0.2) is 9.07 Å². The zero-order chi connectivity index (χ0) is 17.9. The molecule has 7 nitrogen and oxygen atoms in total. The van der Waals surface area contributed by atoms with E-state index in [-0.39, 0.29) is 35.4 Å². The van der Waals surface area contributed by atoms with Crippen LogP contribution in [0.1, 0.15) is 30.8 Å². The molecule has 0 atom stereocenters. The number of carboxylic acid groups (broad SMARTS) is 1. The van der Waals surface area contributed by atoms with Gasteiger partial charge in [0.05, 0.1) is 17.6 Å². The number of halogens is 2. The van der Waals surface area contributed by atoms with E-state index in [1.54, 1.807) is 19.9 Å². The standard InChI is InChI=1S/C15H16ClFN4O3/c1-9(2)20(7-6-13(22)23)15(24)11-8-21(19-18-11)12-5-3-4-10(16)14(12)17/h3-5,8-9H,6-7H2,1-2H3,(H,22,23). The number of carbonyl (C=O) groups excluding carboxylic acids is 1. The zero-order valence-electron chi connectivity index (χ0n) is 13.1. The minimum Gasteiger partial charge on any atom is -0.481 e. The molecule has 0 aliphatic heterocycles. The molecule has 0 saturated carbocycles. The fourth-order valence-corrected chi connectivity index (χ4v) is 2.28. The molecule has 9 heteroatoms. The van der Waals surface area contributed by atoms with Crippen LogP contribution in [-0.2, 0) is 4.79 Å². The van der Waals surface area contributed by atoms with Crippen molar-refractivity contribution in [2.45, 2.75) is 26.3 Å². The Morgan fingerprint density at radius 1 is 1.42 bits per heavy atom. The third kappa shape index (κ3) is 3.88. The van der Waals surface area contributed by atoms with Crippen LogP contribution in [0.25, 0.3) is 5.69 Å². The summed E-state index contributed by atoms with van der Waals surface area (Å²) in [7, 11) is 0. The number of rotatable bonds is 6. The number of hydrogen-bond acceptors (Lipinski definition) is 4. The lowest BCUT2D eigenvalue weighted by Gasteiger charge is -2.25. The maximum absolute atomic E-state index is 14.0. The Kier molecular flexibility index (Phi) is 5.50. The van der Waals surface area contributed by atoms with Crippen LogP contribution in [0.3, 0.4) is 0 Å². The third-order valence-corrected chi connectivity index (χ3v) is 3.63. The summed E-state index contributed by atoms with van der Waals surface area (Å²) in [5.74, 6) is -2.15. The molecule has 0 aliphatic carbocycles. The summed E-state index contributed by atoms with van der Waals surface area (Å²) in [6, 6.07) is 4.19. The lowest BCUT2D eigenvalue weighted by Crippen LogP contribution is -2.38. The van der Waals surface area contributed by atoms with Crippen LogP contribution in [0.2, 0.25) is 5.02 Å². The number of nitrogens with zero attached hydrogens (tertiary/aromatic N) is 4. The number of aliphatic carboxylic acids is 1. The second-order valence-corrected chi connectivity index (χ2v) is 5.76. The fourth-order valence-electron chi connectivity index (χ4n) is 2.11. The van der Waals surface area contributed by atoms with Gasteiger partial charge in [-0.3, -0.25) is 9.59 Å². The number of carboxylic acids is 1. The molecule has 0 unspecified atom stereocenters. The zero-order valence-corrected chi connectivity index (χ0v) is 13.9. The van der Waals surface area contributed by atoms with Gasteiger partial charge in [-0.15, -0.1) is 5.10 Å². The molecule has 1 amide bonds. The maximum Gasteiger partial charge on any atom is 0.305 e. The first-order valence-corrected chi connectivity index (χ1v) is 7.58. The van der Waals surface area contributed by atoms with Crippen molar-refractivity contribution in [1.82, 2.24) is 19.9 Å². The summed E-state index contributed by atoms with van der Waals surface area (Å²) in [6.45, 7) is 3.58. The second-order valence-electron chi connectivity index (χ2n) is 5.36. The lowest BCUT2D eigenvalue weighted by molar-refractivity contribution is -0.137. The first-order valence-electron chi connectivity index (χ1n) is 7.20. The third-order valence-electron chi connectivity index (χ3n) is 3.34. The van der Waals surface area contributed by atoms with Gasteiger partial charge in [0, 0.05) is 12.6 Å². The highest BCUT2D eigenvalue weighted by molar-refractivity contribution is 6.30. The molecule has 0 aliphatic rings. The summed E-state index contributed by atoms with van der Waals surface area (Å²) in [5.41, 5.74) is 0.0594. The SMILES string of the molecule is CC(C)N(CCC(=O)O)C(=O)c1cn(-c2cccc(Cl)c2F)nn1. The van der Waals surface area contributed by atoms with E-state index < -0.39 is 17.7 Å². The van der Waals surface area contributed by atoms with Crippen LogP contribution >= 0.6 is 11.6 Å². The minimum absolute atomic E-state index is 0.00605. The quantitative estimate of drug-likeness (QED) is 0.860. The largest absolute Gasteiger partial charge is 0.481 e. The van der Waals surface area contributed by atoms with E-state index in [0.29, 0.717) is 0 Å². The van der Waals surface area contributed by atoms with Crippen molar-refractivity contribution >= 4 is 23.5 Å². The highest BCUT2D eigenvalue weighted by Gasteiger charge is 2.23. The molecule has 2 aromatic rings. The molecule has 0 bridgehead atoms. The van der Waals surface area contributed by atoms with Gasteiger partial charge in [0.15, 0.2) is 11.5 Å². The Balaban J connectivity index is 2.26. The molecule has 1 N–H and O–H groups in total. The topological polar surface area (TPSA) is 88.3 Å². The molecule has 1 aromatic carbocycles. The monoisotopic (exact) mass is 354 g/mol. The Bertz CT molecular complexity index is 763. The van der Waals surface area contributed by atoms with E-state index in [4.69, 9.17) is 16.7 Å². The van der Waals surface area contributed by atoms with Crippen molar-refractivity contribution < 1.29 is 19.1 Å². The number of hydrogen-bond donors (Lipinski definition) is 1. The molecule has 1 aromatic heterocycles. The molecule has 0 spiro atoms. The van der Waals surface area contributed by atoms with Crippen molar-refractivity contribution in [2.24, 2.45) is 0 Å². The maximum atomic E-state index is 14.0. The number of aromatic nitrogens is 3. The van der Waals surface area contributed by atoms with Crippen molar-refractivity contribution in [3.8, 4) is 5.69 Å². The molecule has 0 fully saturated rings. The van der Waals surface area contributed by atoms with E-state index in [0.717, 1.165) is 4.68 Å². The van der Waals surface area contributed by atoms with Gasteiger partial charge in [-0.05, 0) is 26.0 Å². The first-order chi connectivity index (χ1) is 11.3. The van der Waals surface area contributed by atoms with Crippen LogP contribution in [0, 0.1) is 5.82 Å². The second kappa shape index (κ2) is 7.39. The van der Waals surface area contributed by atoms with Gasteiger partial charge in [-0.1, -0.05) is 22.9 Å². The van der Waals surface area contributed by atoms with Gasteiger partial charge >= 0.3 is 5.97 Å². The minimum atomic E-state index is -1.00. The summed E-state index contributed by atoms with van der Waals surface area (Å²) in [4.78, 5) is 24.6. The number of carbonyl (C=O) groups is 2. The van der Waals surface area contributed by atoms with E-state index in [1.165, 1.54) is 23.2 Å². The highest BCUT2D eigenvalue weighted by Crippen LogP contribution is 2.21. The Morgan fingerprint density at radius 3 is 2.75 bits per heavy atom. The highest BCUT2D eigenvalue weighted by atomic mass is 35.5. The van der Waals surface area contributed by atoms with E-state index in [9.17, 15) is 14.0 Å². The van der Waals surface area contributed by atoms with Gasteiger partial charge < -0.3 is 10.0 Å². The summed E-state index contributed by atoms with van der Waals surface area (Å²) >= 11 is 5.73. The Morgan fingerprint density at radius 2 is 2.12 bits per heavy atom. The molecule has 0 radical (unpaired) electrons. The molecule has 128 valence electrons. The van der Waals surface area contributed by atoms with Crippen LogP contribution in [0.4, 0.5) is 4.39 Å². The van der Waals surface area contributed by atoms with Gasteiger partial charge in [0.2, 0.25) is 0 Å². The normalized spacial score (nSPS) is 10.9. The van der Waals surface area contributed by atoms with Crippen molar-refractivity contribution in [2.75, 3.05) is 6.54 Å². The molecular formula is C15H16ClFN4O3. The average molecular weight is 355 g/mol. The van der Waals surface area contributed by atoms with Crippen LogP contribution in [0.5, 0.6) is 0 Å². The van der Waals surface area contributed by atoms with E-state index in [1.807, 2.05) is 0 Å². The van der Waals surface area contributed by atoms with Crippen molar-refractivity contribution in [3.63, 3.8) is 0 Å².